The molecule has 5 aromatic carbocycles. The van der Waals surface area contributed by atoms with E-state index in [1.54, 1.807) is 36.4 Å². The zero-order valence-corrected chi connectivity index (χ0v) is 30.4. The molecule has 0 amide bonds. The van der Waals surface area contributed by atoms with Crippen LogP contribution in [0.1, 0.15) is 50.9 Å². The molecule has 0 heterocycles. The molecule has 8 heteroatoms. The van der Waals surface area contributed by atoms with Crippen molar-refractivity contribution in [3.63, 3.8) is 0 Å². The molecule has 230 valence electrons. The topological polar surface area (TPSA) is 61.1 Å². The van der Waals surface area contributed by atoms with Crippen LogP contribution in [0.4, 0.5) is 0 Å². The number of aliphatic hydroxyl groups is 1. The Balaban J connectivity index is 1.73. The average molecular weight is 839 g/mol. The van der Waals surface area contributed by atoms with Crippen molar-refractivity contribution in [2.45, 2.75) is 29.3 Å². The van der Waals surface area contributed by atoms with Gasteiger partial charge in [-0.1, -0.05) is 132 Å². The Bertz CT molecular complexity index is 1910. The van der Waals surface area contributed by atoms with Gasteiger partial charge in [0.05, 0.1) is 17.4 Å². The highest BCUT2D eigenvalue weighted by Gasteiger charge is 2.64. The largest absolute Gasteiger partial charge is 0.384 e. The molecule has 0 aromatic heterocycles. The van der Waals surface area contributed by atoms with Gasteiger partial charge >= 0.3 is 0 Å². The second-order valence-electron chi connectivity index (χ2n) is 11.6. The van der Waals surface area contributed by atoms with Gasteiger partial charge in [0, 0.05) is 40.9 Å². The Labute approximate surface area is 303 Å². The van der Waals surface area contributed by atoms with Gasteiger partial charge in [-0.15, -0.1) is 0 Å². The van der Waals surface area contributed by atoms with Crippen LogP contribution in [0.25, 0.3) is 0 Å². The summed E-state index contributed by atoms with van der Waals surface area (Å²) in [7, 11) is 0. The van der Waals surface area contributed by atoms with E-state index in [0.29, 0.717) is 21.2 Å². The molecule has 6 rings (SSSR count). The molecule has 5 atom stereocenters. The van der Waals surface area contributed by atoms with Crippen LogP contribution in [-0.2, 0) is 11.0 Å². The first kappa shape index (κ1) is 33.2. The number of hydrogen-bond donors (Lipinski definition) is 1. The summed E-state index contributed by atoms with van der Waals surface area (Å²) in [5, 5.41) is 25.9. The number of nitrogens with zero attached hydrogens (tertiary/aromatic N) is 1. The maximum Gasteiger partial charge on any atom is 0.169 e. The molecular weight excluding hydrogens is 813 g/mol. The molecule has 1 saturated carbocycles. The highest BCUT2D eigenvalue weighted by Crippen LogP contribution is 2.64. The Kier molecular flexibility index (Phi) is 9.65. The maximum absolute atomic E-state index is 15.0. The predicted octanol–water partition coefficient (Wildman–Crippen LogP) is 11.4. The van der Waals surface area contributed by atoms with Gasteiger partial charge in [-0.2, -0.15) is 5.26 Å². The molecule has 5 aromatic rings. The van der Waals surface area contributed by atoms with Crippen molar-refractivity contribution in [3.8, 4) is 6.07 Å². The van der Waals surface area contributed by atoms with Gasteiger partial charge < -0.3 is 5.11 Å². The zero-order chi connectivity index (χ0) is 32.6. The molecule has 1 aliphatic carbocycles. The molecule has 5 unspecified atom stereocenters. The van der Waals surface area contributed by atoms with Gasteiger partial charge in [0.25, 0.3) is 0 Å². The molecule has 0 radical (unpaired) electrons. The van der Waals surface area contributed by atoms with Gasteiger partial charge in [0.1, 0.15) is 5.60 Å². The zero-order valence-electron chi connectivity index (χ0n) is 24.2. The van der Waals surface area contributed by atoms with Crippen molar-refractivity contribution < 1.29 is 9.90 Å². The van der Waals surface area contributed by atoms with Crippen molar-refractivity contribution in [1.29, 1.82) is 5.26 Å². The summed E-state index contributed by atoms with van der Waals surface area (Å²) in [4.78, 5) is 15.0. The molecule has 3 nitrogen and oxygen atoms in total. The van der Waals surface area contributed by atoms with Crippen LogP contribution in [-0.4, -0.2) is 10.9 Å². The summed E-state index contributed by atoms with van der Waals surface area (Å²) in [6.07, 6.45) is 0.0942. The molecule has 0 spiro atoms. The van der Waals surface area contributed by atoms with Crippen LogP contribution >= 0.6 is 71.0 Å². The Morgan fingerprint density at radius 3 is 1.59 bits per heavy atom. The first-order valence-electron chi connectivity index (χ1n) is 14.5. The molecule has 1 fully saturated rings. The highest BCUT2D eigenvalue weighted by atomic mass is 79.9. The maximum atomic E-state index is 15.0. The Hall–Kier alpha value is -2.76. The first-order valence-corrected chi connectivity index (χ1v) is 17.7. The second kappa shape index (κ2) is 13.4. The van der Waals surface area contributed by atoms with E-state index < -0.39 is 28.8 Å². The SMILES string of the molecule is N#CC1(c2ccc(Br)cc2)C(c2ccc(Cl)cc2)CC(O)(c2ccc(Br)cc2)C(C(=O)c2ccc(Br)cc2)C1c1ccc(Cl)cc1. The van der Waals surface area contributed by atoms with Crippen LogP contribution in [0.2, 0.25) is 10.0 Å². The molecule has 1 N–H and O–H groups in total. The lowest BCUT2D eigenvalue weighted by atomic mass is 9.46. The summed E-state index contributed by atoms with van der Waals surface area (Å²) >= 11 is 23.3. The number of halogens is 5. The third-order valence-corrected chi connectivity index (χ3v) is 11.3. The van der Waals surface area contributed by atoms with E-state index in [1.165, 1.54) is 0 Å². The normalized spacial score (nSPS) is 24.2. The second-order valence-corrected chi connectivity index (χ2v) is 15.2. The van der Waals surface area contributed by atoms with Gasteiger partial charge in [-0.3, -0.25) is 4.79 Å². The monoisotopic (exact) mass is 835 g/mol. The van der Waals surface area contributed by atoms with Gasteiger partial charge in [-0.25, -0.2) is 0 Å². The molecular formula is C38H26Br3Cl2NO2. The lowest BCUT2D eigenvalue weighted by Crippen LogP contribution is -2.58. The van der Waals surface area contributed by atoms with Crippen molar-refractivity contribution in [3.05, 3.63) is 173 Å². The molecule has 46 heavy (non-hydrogen) atoms. The number of hydrogen-bond acceptors (Lipinski definition) is 3. The van der Waals surface area contributed by atoms with E-state index in [1.807, 2.05) is 84.9 Å². The number of rotatable bonds is 6. The van der Waals surface area contributed by atoms with Crippen molar-refractivity contribution in [1.82, 2.24) is 0 Å². The van der Waals surface area contributed by atoms with E-state index in [2.05, 4.69) is 53.9 Å². The van der Waals surface area contributed by atoms with Crippen molar-refractivity contribution in [2.24, 2.45) is 5.92 Å². The fraction of sp³-hybridized carbons (Fsp3) is 0.158. The third-order valence-electron chi connectivity index (χ3n) is 9.17. The minimum Gasteiger partial charge on any atom is -0.384 e. The third kappa shape index (κ3) is 6.03. The summed E-state index contributed by atoms with van der Waals surface area (Å²) in [5.74, 6) is -2.69. The minimum absolute atomic E-state index is 0.0942. The molecule has 0 aliphatic heterocycles. The van der Waals surface area contributed by atoms with E-state index >= 15 is 4.79 Å². The number of nitriles is 1. The summed E-state index contributed by atoms with van der Waals surface area (Å²) < 4.78 is 2.53. The molecule has 0 saturated heterocycles. The number of carbonyl (C=O) groups excluding carboxylic acids is 1. The van der Waals surface area contributed by atoms with Crippen LogP contribution in [0.5, 0.6) is 0 Å². The lowest BCUT2D eigenvalue weighted by Gasteiger charge is -2.56. The highest BCUT2D eigenvalue weighted by molar-refractivity contribution is 9.11. The van der Waals surface area contributed by atoms with Gasteiger partial charge in [-0.05, 0) is 89.3 Å². The van der Waals surface area contributed by atoms with E-state index in [-0.39, 0.29) is 12.2 Å². The number of carbonyl (C=O) groups is 1. The smallest absolute Gasteiger partial charge is 0.169 e. The fourth-order valence-corrected chi connectivity index (χ4v) is 8.12. The van der Waals surface area contributed by atoms with Gasteiger partial charge in [0.15, 0.2) is 5.78 Å². The quantitative estimate of drug-likeness (QED) is 0.173. The average Bonchev–Trinajstić information content (AvgIpc) is 3.06. The number of benzene rings is 5. The number of Topliss-reactive ketones (excluding diaryl/α,β-unsaturated/α-hetero) is 1. The van der Waals surface area contributed by atoms with E-state index in [4.69, 9.17) is 23.2 Å². The van der Waals surface area contributed by atoms with Gasteiger partial charge in [0.2, 0.25) is 0 Å². The van der Waals surface area contributed by atoms with Crippen LogP contribution < -0.4 is 0 Å². The fourth-order valence-electron chi connectivity index (χ4n) is 7.07. The minimum atomic E-state index is -1.69. The van der Waals surface area contributed by atoms with Crippen LogP contribution in [0, 0.1) is 17.2 Å². The predicted molar refractivity (Wildman–Crippen MR) is 194 cm³/mol. The summed E-state index contributed by atoms with van der Waals surface area (Å²) in [6, 6.07) is 39.7. The molecule has 1 aliphatic rings. The summed E-state index contributed by atoms with van der Waals surface area (Å²) in [6.45, 7) is 0. The number of ketones is 1. The van der Waals surface area contributed by atoms with E-state index in [9.17, 15) is 10.4 Å². The van der Waals surface area contributed by atoms with Crippen LogP contribution in [0.3, 0.4) is 0 Å². The van der Waals surface area contributed by atoms with E-state index in [0.717, 1.165) is 30.1 Å². The standard InChI is InChI=1S/C38H26Br3Cl2NO2/c39-28-11-1-25(2-12-28)36(45)35-34(24-5-19-32(43)20-6-24)37(22-44,26-7-13-29(40)14-8-26)33(23-3-17-31(42)18-4-23)21-38(35,46)27-9-15-30(41)16-10-27/h1-20,33-35,46H,21H2. The molecule has 0 bridgehead atoms. The van der Waals surface area contributed by atoms with Crippen molar-refractivity contribution in [2.75, 3.05) is 0 Å². The Morgan fingerprint density at radius 2 is 1.11 bits per heavy atom. The first-order chi connectivity index (χ1) is 22.1. The van der Waals surface area contributed by atoms with Crippen molar-refractivity contribution >= 4 is 76.8 Å². The summed E-state index contributed by atoms with van der Waals surface area (Å²) in [5.41, 5.74) is 0.331. The van der Waals surface area contributed by atoms with Crippen LogP contribution in [0.15, 0.2) is 135 Å². The lowest BCUT2D eigenvalue weighted by molar-refractivity contribution is -0.0738. The Morgan fingerprint density at radius 1 is 0.674 bits per heavy atom.